The summed E-state index contributed by atoms with van der Waals surface area (Å²) in [6.07, 6.45) is 1.68. The molecule has 0 N–H and O–H groups in total. The molecular weight excluding hydrogens is 372 g/mol. The number of carbonyl (C=O) groups is 3. The number of amides is 2. The summed E-state index contributed by atoms with van der Waals surface area (Å²) in [6, 6.07) is 6.05. The molecule has 136 valence electrons. The molecule has 0 radical (unpaired) electrons. The highest BCUT2D eigenvalue weighted by Gasteiger charge is 2.43. The van der Waals surface area contributed by atoms with Crippen molar-refractivity contribution in [1.29, 1.82) is 0 Å². The number of anilines is 1. The number of nitrogens with zero attached hydrogens (tertiary/aromatic N) is 2. The van der Waals surface area contributed by atoms with Crippen molar-refractivity contribution in [3.63, 3.8) is 0 Å². The Balaban J connectivity index is 2.05. The highest BCUT2D eigenvalue weighted by molar-refractivity contribution is 8.26. The Morgan fingerprint density at radius 2 is 1.96 bits per heavy atom. The fraction of sp³-hybridized carbons (Fsp3) is 0.333. The summed E-state index contributed by atoms with van der Waals surface area (Å²) in [6.45, 7) is 1.93. The maximum Gasteiger partial charge on any atom is 0.267 e. The van der Waals surface area contributed by atoms with Gasteiger partial charge in [0.1, 0.15) is 4.32 Å². The van der Waals surface area contributed by atoms with Gasteiger partial charge in [0, 0.05) is 12.6 Å². The summed E-state index contributed by atoms with van der Waals surface area (Å²) in [7, 11) is 1.64. The molecule has 3 rings (SSSR count). The van der Waals surface area contributed by atoms with Gasteiger partial charge in [-0.3, -0.25) is 14.5 Å². The SMILES string of the molecule is CCCC[C@H](C(=O)[O-])N1C(=O)/C(=C2/C(=O)N(C)c3ccccc32)SC1=S. The van der Waals surface area contributed by atoms with E-state index in [4.69, 9.17) is 12.2 Å². The lowest BCUT2D eigenvalue weighted by Gasteiger charge is -2.27. The van der Waals surface area contributed by atoms with Gasteiger partial charge < -0.3 is 14.8 Å². The lowest BCUT2D eigenvalue weighted by atomic mass is 10.1. The van der Waals surface area contributed by atoms with Crippen LogP contribution in [0.2, 0.25) is 0 Å². The molecular formula is C18H17N2O4S2-. The third-order valence-electron chi connectivity index (χ3n) is 4.49. The zero-order valence-corrected chi connectivity index (χ0v) is 16.0. The minimum atomic E-state index is -1.34. The molecule has 1 aromatic carbocycles. The van der Waals surface area contributed by atoms with Gasteiger partial charge in [-0.2, -0.15) is 0 Å². The molecule has 0 saturated carbocycles. The summed E-state index contributed by atoms with van der Waals surface area (Å²) in [5.74, 6) is -2.18. The van der Waals surface area contributed by atoms with Gasteiger partial charge in [0.05, 0.1) is 28.2 Å². The first-order valence-electron chi connectivity index (χ1n) is 8.26. The second kappa shape index (κ2) is 7.20. The summed E-state index contributed by atoms with van der Waals surface area (Å²) in [5.41, 5.74) is 1.63. The predicted octanol–water partition coefficient (Wildman–Crippen LogP) is 1.54. The third-order valence-corrected chi connectivity index (χ3v) is 5.90. The Bertz CT molecular complexity index is 849. The van der Waals surface area contributed by atoms with E-state index in [9.17, 15) is 19.5 Å². The number of carbonyl (C=O) groups excluding carboxylic acids is 3. The normalized spacial score (nSPS) is 20.8. The summed E-state index contributed by atoms with van der Waals surface area (Å²) >= 11 is 6.24. The minimum absolute atomic E-state index is 0.141. The summed E-state index contributed by atoms with van der Waals surface area (Å²) < 4.78 is 0.141. The lowest BCUT2D eigenvalue weighted by Crippen LogP contribution is -2.50. The van der Waals surface area contributed by atoms with Crippen LogP contribution in [0.1, 0.15) is 31.7 Å². The van der Waals surface area contributed by atoms with Crippen LogP contribution in [0.4, 0.5) is 5.69 Å². The summed E-state index contributed by atoms with van der Waals surface area (Å²) in [5, 5.41) is 11.6. The van der Waals surface area contributed by atoms with Gasteiger partial charge in [-0.05, 0) is 12.5 Å². The number of likely N-dealkylation sites (N-methyl/N-ethyl adjacent to an activating group) is 1. The Hall–Kier alpha value is -2.19. The van der Waals surface area contributed by atoms with Gasteiger partial charge in [0.15, 0.2) is 0 Å². The second-order valence-electron chi connectivity index (χ2n) is 6.11. The number of carboxylic acid groups (broad SMARTS) is 1. The van der Waals surface area contributed by atoms with E-state index in [1.54, 1.807) is 25.2 Å². The van der Waals surface area contributed by atoms with E-state index >= 15 is 0 Å². The van der Waals surface area contributed by atoms with Crippen LogP contribution < -0.4 is 10.0 Å². The van der Waals surface area contributed by atoms with E-state index in [0.717, 1.165) is 23.1 Å². The largest absolute Gasteiger partial charge is 0.548 e. The molecule has 0 unspecified atom stereocenters. The Kier molecular flexibility index (Phi) is 5.15. The maximum atomic E-state index is 13.0. The van der Waals surface area contributed by atoms with Crippen molar-refractivity contribution in [2.75, 3.05) is 11.9 Å². The summed E-state index contributed by atoms with van der Waals surface area (Å²) in [4.78, 5) is 40.0. The predicted molar refractivity (Wildman–Crippen MR) is 102 cm³/mol. The van der Waals surface area contributed by atoms with Crippen molar-refractivity contribution in [2.45, 2.75) is 32.2 Å². The molecule has 0 spiro atoms. The van der Waals surface area contributed by atoms with Crippen LogP contribution in [0.15, 0.2) is 29.2 Å². The average molecular weight is 389 g/mol. The number of aliphatic carboxylic acids is 1. The molecule has 1 saturated heterocycles. The minimum Gasteiger partial charge on any atom is -0.548 e. The van der Waals surface area contributed by atoms with Crippen molar-refractivity contribution in [3.8, 4) is 0 Å². The topological polar surface area (TPSA) is 80.7 Å². The van der Waals surface area contributed by atoms with E-state index in [0.29, 0.717) is 17.7 Å². The molecule has 2 heterocycles. The Morgan fingerprint density at radius 1 is 1.27 bits per heavy atom. The molecule has 0 aliphatic carbocycles. The number of fused-ring (bicyclic) bond motifs is 1. The van der Waals surface area contributed by atoms with Crippen LogP contribution in [0.25, 0.3) is 5.57 Å². The highest BCUT2D eigenvalue weighted by atomic mass is 32.2. The fourth-order valence-electron chi connectivity index (χ4n) is 3.14. The van der Waals surface area contributed by atoms with E-state index in [-0.39, 0.29) is 27.1 Å². The zero-order valence-electron chi connectivity index (χ0n) is 14.4. The van der Waals surface area contributed by atoms with Gasteiger partial charge in [-0.25, -0.2) is 0 Å². The molecule has 1 fully saturated rings. The maximum absolute atomic E-state index is 13.0. The first kappa shape index (κ1) is 18.6. The van der Waals surface area contributed by atoms with E-state index in [1.807, 2.05) is 13.0 Å². The number of rotatable bonds is 5. The number of thioether (sulfide) groups is 1. The second-order valence-corrected chi connectivity index (χ2v) is 7.75. The van der Waals surface area contributed by atoms with Gasteiger partial charge in [-0.15, -0.1) is 0 Å². The van der Waals surface area contributed by atoms with Crippen LogP contribution in [0.3, 0.4) is 0 Å². The number of hydrogen-bond acceptors (Lipinski definition) is 6. The molecule has 2 aliphatic heterocycles. The Labute approximate surface area is 160 Å². The van der Waals surface area contributed by atoms with Gasteiger partial charge in [-0.1, -0.05) is 61.9 Å². The lowest BCUT2D eigenvalue weighted by molar-refractivity contribution is -0.310. The molecule has 1 aromatic rings. The van der Waals surface area contributed by atoms with Crippen molar-refractivity contribution in [3.05, 3.63) is 34.7 Å². The standard InChI is InChI=1S/C18H18N2O4S2/c1-3-4-8-12(17(23)24)20-16(22)14(26-18(20)25)13-10-7-5-6-9-11(10)19(2)15(13)21/h5-7,9,12H,3-4,8H2,1-2H3,(H,23,24)/p-1/b14-13-/t12-/m1/s1. The zero-order chi connectivity index (χ0) is 19.0. The van der Waals surface area contributed by atoms with Crippen molar-refractivity contribution in [2.24, 2.45) is 0 Å². The van der Waals surface area contributed by atoms with Crippen LogP contribution >= 0.6 is 24.0 Å². The third kappa shape index (κ3) is 2.93. The molecule has 6 nitrogen and oxygen atoms in total. The van der Waals surface area contributed by atoms with Gasteiger partial charge >= 0.3 is 0 Å². The quantitative estimate of drug-likeness (QED) is 0.561. The molecule has 2 aliphatic rings. The van der Waals surface area contributed by atoms with Gasteiger partial charge in [0.25, 0.3) is 11.8 Å². The molecule has 26 heavy (non-hydrogen) atoms. The van der Waals surface area contributed by atoms with E-state index < -0.39 is 17.9 Å². The molecule has 2 amide bonds. The van der Waals surface area contributed by atoms with E-state index in [1.165, 1.54) is 4.90 Å². The first-order chi connectivity index (χ1) is 12.4. The van der Waals surface area contributed by atoms with Crippen molar-refractivity contribution in [1.82, 2.24) is 4.90 Å². The number of thiocarbonyl (C=S) groups is 1. The number of para-hydroxylation sites is 1. The number of hydrogen-bond donors (Lipinski definition) is 0. The van der Waals surface area contributed by atoms with Crippen LogP contribution in [0, 0.1) is 0 Å². The smallest absolute Gasteiger partial charge is 0.267 e. The first-order valence-corrected chi connectivity index (χ1v) is 9.48. The van der Waals surface area contributed by atoms with Gasteiger partial charge in [0.2, 0.25) is 0 Å². The Morgan fingerprint density at radius 3 is 2.62 bits per heavy atom. The number of carboxylic acids is 1. The average Bonchev–Trinajstić information content (AvgIpc) is 3.03. The van der Waals surface area contributed by atoms with Crippen LogP contribution in [0.5, 0.6) is 0 Å². The number of unbranched alkanes of at least 4 members (excludes halogenated alkanes) is 1. The highest BCUT2D eigenvalue weighted by Crippen LogP contribution is 2.44. The molecule has 1 atom stereocenters. The van der Waals surface area contributed by atoms with Crippen LogP contribution in [-0.2, 0) is 14.4 Å². The fourth-order valence-corrected chi connectivity index (χ4v) is 4.57. The molecule has 0 aromatic heterocycles. The monoisotopic (exact) mass is 389 g/mol. The number of benzene rings is 1. The molecule has 8 heteroatoms. The van der Waals surface area contributed by atoms with Crippen LogP contribution in [-0.4, -0.2) is 40.1 Å². The van der Waals surface area contributed by atoms with E-state index in [2.05, 4.69) is 0 Å². The van der Waals surface area contributed by atoms with Crippen molar-refractivity contribution < 1.29 is 19.5 Å². The van der Waals surface area contributed by atoms with Crippen molar-refractivity contribution >= 4 is 57.3 Å². The molecule has 0 bridgehead atoms.